The van der Waals surface area contributed by atoms with Gasteiger partial charge in [0.25, 0.3) is 0 Å². The number of nitrogens with two attached hydrogens (primary N) is 1. The highest BCUT2D eigenvalue weighted by molar-refractivity contribution is 6.31. The first kappa shape index (κ1) is 14.8. The maximum atomic E-state index is 11.6. The number of carbonyl (C=O) groups excluding carboxylic acids is 1. The van der Waals surface area contributed by atoms with E-state index in [9.17, 15) is 4.79 Å². The number of carbonyl (C=O) groups is 1. The molecule has 0 radical (unpaired) electrons. The Kier molecular flexibility index (Phi) is 5.91. The van der Waals surface area contributed by atoms with E-state index in [1.165, 1.54) is 7.11 Å². The van der Waals surface area contributed by atoms with Crippen LogP contribution in [0.1, 0.15) is 5.56 Å². The summed E-state index contributed by atoms with van der Waals surface area (Å²) in [5.41, 5.74) is 6.69. The minimum absolute atomic E-state index is 0.0397. The fourth-order valence-electron chi connectivity index (χ4n) is 1.36. The SMILES string of the molecule is COc1cc(Cl)c(C)cc1NC(=O)COCCN. The molecule has 0 heterocycles. The molecule has 6 heteroatoms. The second kappa shape index (κ2) is 7.20. The van der Waals surface area contributed by atoms with Crippen LogP contribution in [-0.2, 0) is 9.53 Å². The van der Waals surface area contributed by atoms with Gasteiger partial charge in [-0.25, -0.2) is 0 Å². The molecule has 0 aliphatic carbocycles. The van der Waals surface area contributed by atoms with Crippen molar-refractivity contribution in [2.75, 3.05) is 32.2 Å². The van der Waals surface area contributed by atoms with Crippen LogP contribution in [-0.4, -0.2) is 32.8 Å². The van der Waals surface area contributed by atoms with Crippen molar-refractivity contribution in [2.24, 2.45) is 5.73 Å². The van der Waals surface area contributed by atoms with E-state index in [0.717, 1.165) is 5.56 Å². The van der Waals surface area contributed by atoms with Crippen molar-refractivity contribution in [3.63, 3.8) is 0 Å². The van der Waals surface area contributed by atoms with E-state index in [4.69, 9.17) is 26.8 Å². The molecular weight excluding hydrogens is 256 g/mol. The number of aryl methyl sites for hydroxylation is 1. The third-order valence-electron chi connectivity index (χ3n) is 2.25. The monoisotopic (exact) mass is 272 g/mol. The first-order valence-electron chi connectivity index (χ1n) is 5.50. The first-order valence-corrected chi connectivity index (χ1v) is 5.88. The molecule has 0 bridgehead atoms. The molecule has 0 spiro atoms. The van der Waals surface area contributed by atoms with Gasteiger partial charge in [0.15, 0.2) is 0 Å². The molecule has 1 aromatic carbocycles. The van der Waals surface area contributed by atoms with Crippen molar-refractivity contribution in [1.82, 2.24) is 0 Å². The van der Waals surface area contributed by atoms with Crippen LogP contribution in [0.4, 0.5) is 5.69 Å². The Morgan fingerprint density at radius 1 is 1.50 bits per heavy atom. The summed E-state index contributed by atoms with van der Waals surface area (Å²) in [5, 5.41) is 3.29. The van der Waals surface area contributed by atoms with Crippen molar-refractivity contribution >= 4 is 23.2 Å². The molecule has 3 N–H and O–H groups in total. The molecule has 0 fully saturated rings. The lowest BCUT2D eigenvalue weighted by Gasteiger charge is -2.12. The van der Waals surface area contributed by atoms with E-state index in [-0.39, 0.29) is 12.5 Å². The molecule has 18 heavy (non-hydrogen) atoms. The third-order valence-corrected chi connectivity index (χ3v) is 2.66. The standard InChI is InChI=1S/C12H17ClN2O3/c1-8-5-10(11(17-2)6-9(8)13)15-12(16)7-18-4-3-14/h5-6H,3-4,7,14H2,1-2H3,(H,15,16). The van der Waals surface area contributed by atoms with E-state index < -0.39 is 0 Å². The van der Waals surface area contributed by atoms with Crippen molar-refractivity contribution < 1.29 is 14.3 Å². The zero-order chi connectivity index (χ0) is 13.5. The van der Waals surface area contributed by atoms with Gasteiger partial charge >= 0.3 is 0 Å². The Hall–Kier alpha value is -1.30. The molecule has 1 rings (SSSR count). The van der Waals surface area contributed by atoms with Crippen LogP contribution in [0.3, 0.4) is 0 Å². The molecule has 0 aromatic heterocycles. The van der Waals surface area contributed by atoms with Crippen LogP contribution in [0, 0.1) is 6.92 Å². The number of benzene rings is 1. The predicted molar refractivity (Wildman–Crippen MR) is 71.2 cm³/mol. The van der Waals surface area contributed by atoms with Gasteiger partial charge in [-0.2, -0.15) is 0 Å². The number of hydrogen-bond acceptors (Lipinski definition) is 4. The Bertz CT molecular complexity index is 424. The number of anilines is 1. The molecule has 0 atom stereocenters. The fraction of sp³-hybridized carbons (Fsp3) is 0.417. The Balaban J connectivity index is 2.71. The van der Waals surface area contributed by atoms with Gasteiger partial charge in [0.2, 0.25) is 5.91 Å². The lowest BCUT2D eigenvalue weighted by atomic mass is 10.2. The summed E-state index contributed by atoms with van der Waals surface area (Å²) in [4.78, 5) is 11.6. The molecule has 0 aliphatic heterocycles. The number of ether oxygens (including phenoxy) is 2. The Morgan fingerprint density at radius 2 is 2.22 bits per heavy atom. The molecule has 1 aromatic rings. The van der Waals surface area contributed by atoms with Gasteiger partial charge in [-0.05, 0) is 18.6 Å². The smallest absolute Gasteiger partial charge is 0.250 e. The summed E-state index contributed by atoms with van der Waals surface area (Å²) in [7, 11) is 1.52. The van der Waals surface area contributed by atoms with Crippen LogP contribution in [0.15, 0.2) is 12.1 Å². The van der Waals surface area contributed by atoms with E-state index in [2.05, 4.69) is 5.32 Å². The Labute approximate surface area is 111 Å². The normalized spacial score (nSPS) is 10.2. The summed E-state index contributed by atoms with van der Waals surface area (Å²) in [6.07, 6.45) is 0. The second-order valence-electron chi connectivity index (χ2n) is 3.69. The van der Waals surface area contributed by atoms with Gasteiger partial charge in [0.05, 0.1) is 19.4 Å². The number of rotatable bonds is 6. The maximum Gasteiger partial charge on any atom is 0.250 e. The summed E-state index contributed by atoms with van der Waals surface area (Å²) >= 11 is 5.97. The van der Waals surface area contributed by atoms with E-state index >= 15 is 0 Å². The third kappa shape index (κ3) is 4.18. The lowest BCUT2D eigenvalue weighted by Crippen LogP contribution is -2.21. The van der Waals surface area contributed by atoms with Crippen molar-refractivity contribution in [2.45, 2.75) is 6.92 Å². The van der Waals surface area contributed by atoms with E-state index in [0.29, 0.717) is 29.6 Å². The van der Waals surface area contributed by atoms with E-state index in [1.54, 1.807) is 12.1 Å². The quantitative estimate of drug-likeness (QED) is 0.771. The maximum absolute atomic E-state index is 11.6. The highest BCUT2D eigenvalue weighted by Gasteiger charge is 2.10. The summed E-state index contributed by atoms with van der Waals surface area (Å²) in [5.74, 6) is 0.251. The predicted octanol–water partition coefficient (Wildman–Crippen LogP) is 1.57. The van der Waals surface area contributed by atoms with Gasteiger partial charge < -0.3 is 20.5 Å². The van der Waals surface area contributed by atoms with Crippen LogP contribution in [0.5, 0.6) is 5.75 Å². The average Bonchev–Trinajstić information content (AvgIpc) is 2.34. The number of nitrogens with one attached hydrogen (secondary N) is 1. The molecular formula is C12H17ClN2O3. The number of halogens is 1. The lowest BCUT2D eigenvalue weighted by molar-refractivity contribution is -0.120. The summed E-state index contributed by atoms with van der Waals surface area (Å²) < 4.78 is 10.2. The minimum atomic E-state index is -0.261. The molecule has 0 unspecified atom stereocenters. The highest BCUT2D eigenvalue weighted by Crippen LogP contribution is 2.30. The van der Waals surface area contributed by atoms with Gasteiger partial charge in [-0.1, -0.05) is 11.6 Å². The van der Waals surface area contributed by atoms with Gasteiger partial charge in [-0.15, -0.1) is 0 Å². The molecule has 0 saturated heterocycles. The zero-order valence-electron chi connectivity index (χ0n) is 10.5. The minimum Gasteiger partial charge on any atom is -0.495 e. The molecule has 0 saturated carbocycles. The zero-order valence-corrected chi connectivity index (χ0v) is 11.2. The van der Waals surface area contributed by atoms with Gasteiger partial charge in [-0.3, -0.25) is 4.79 Å². The van der Waals surface area contributed by atoms with Crippen LogP contribution in [0.2, 0.25) is 5.02 Å². The molecule has 1 amide bonds. The van der Waals surface area contributed by atoms with Crippen molar-refractivity contribution in [1.29, 1.82) is 0 Å². The van der Waals surface area contributed by atoms with E-state index in [1.807, 2.05) is 6.92 Å². The largest absolute Gasteiger partial charge is 0.495 e. The van der Waals surface area contributed by atoms with Crippen molar-refractivity contribution in [3.05, 3.63) is 22.7 Å². The first-order chi connectivity index (χ1) is 8.58. The summed E-state index contributed by atoms with van der Waals surface area (Å²) in [6, 6.07) is 3.41. The summed E-state index contributed by atoms with van der Waals surface area (Å²) in [6.45, 7) is 2.55. The number of methoxy groups -OCH3 is 1. The average molecular weight is 273 g/mol. The molecule has 5 nitrogen and oxygen atoms in total. The highest BCUT2D eigenvalue weighted by atomic mass is 35.5. The van der Waals surface area contributed by atoms with Crippen LogP contribution < -0.4 is 15.8 Å². The number of hydrogen-bond donors (Lipinski definition) is 2. The van der Waals surface area contributed by atoms with Crippen molar-refractivity contribution in [3.8, 4) is 5.75 Å². The van der Waals surface area contributed by atoms with Crippen LogP contribution >= 0.6 is 11.6 Å². The Morgan fingerprint density at radius 3 is 2.83 bits per heavy atom. The molecule has 0 aliphatic rings. The molecule has 100 valence electrons. The van der Waals surface area contributed by atoms with Crippen LogP contribution in [0.25, 0.3) is 0 Å². The number of amides is 1. The second-order valence-corrected chi connectivity index (χ2v) is 4.10. The van der Waals surface area contributed by atoms with Gasteiger partial charge in [0.1, 0.15) is 12.4 Å². The topological polar surface area (TPSA) is 73.6 Å². The van der Waals surface area contributed by atoms with Gasteiger partial charge in [0, 0.05) is 17.6 Å². The fourth-order valence-corrected chi connectivity index (χ4v) is 1.52.